The van der Waals surface area contributed by atoms with Crippen molar-refractivity contribution >= 4 is 11.5 Å². The first-order valence-corrected chi connectivity index (χ1v) is 7.60. The third kappa shape index (κ3) is 2.33. The van der Waals surface area contributed by atoms with E-state index < -0.39 is 11.7 Å². The molecule has 3 heterocycles. The molecule has 2 bridgehead atoms. The highest BCUT2D eigenvalue weighted by Gasteiger charge is 2.35. The molecule has 1 saturated heterocycles. The van der Waals surface area contributed by atoms with Gasteiger partial charge in [0.05, 0.1) is 16.9 Å². The molecular formula is C17H16F3N3. The molecule has 1 unspecified atom stereocenters. The average Bonchev–Trinajstić information content (AvgIpc) is 2.98. The van der Waals surface area contributed by atoms with Crippen molar-refractivity contribution in [1.82, 2.24) is 4.98 Å². The molecule has 0 spiro atoms. The first kappa shape index (κ1) is 14.4. The second-order valence-corrected chi connectivity index (χ2v) is 6.12. The predicted octanol–water partition coefficient (Wildman–Crippen LogP) is 3.80. The number of pyridine rings is 1. The normalized spacial score (nSPS) is 19.9. The van der Waals surface area contributed by atoms with E-state index in [2.05, 4.69) is 14.8 Å². The van der Waals surface area contributed by atoms with Crippen LogP contribution in [0.15, 0.2) is 36.4 Å². The molecule has 0 aliphatic carbocycles. The van der Waals surface area contributed by atoms with E-state index in [1.165, 1.54) is 6.07 Å². The molecule has 1 fully saturated rings. The van der Waals surface area contributed by atoms with Crippen molar-refractivity contribution in [1.29, 1.82) is 0 Å². The lowest BCUT2D eigenvalue weighted by atomic mass is 10.1. The van der Waals surface area contributed by atoms with Gasteiger partial charge < -0.3 is 9.80 Å². The summed E-state index contributed by atoms with van der Waals surface area (Å²) in [7, 11) is 2.01. The minimum absolute atomic E-state index is 0.437. The highest BCUT2D eigenvalue weighted by atomic mass is 19.4. The fourth-order valence-corrected chi connectivity index (χ4v) is 3.41. The van der Waals surface area contributed by atoms with Crippen LogP contribution >= 0.6 is 0 Å². The number of aromatic nitrogens is 1. The zero-order valence-electron chi connectivity index (χ0n) is 12.6. The number of likely N-dealkylation sites (N-methyl/N-ethyl adjacent to an activating group) is 1. The SMILES string of the molecule is CN1c2nc(-c3cccc(C(F)(F)F)c3)ccc2N2CCC1C2. The van der Waals surface area contributed by atoms with Crippen LogP contribution in [0.3, 0.4) is 0 Å². The topological polar surface area (TPSA) is 19.4 Å². The third-order valence-electron chi connectivity index (χ3n) is 4.73. The predicted molar refractivity (Wildman–Crippen MR) is 83.7 cm³/mol. The van der Waals surface area contributed by atoms with Crippen LogP contribution in [0.5, 0.6) is 0 Å². The van der Waals surface area contributed by atoms with Gasteiger partial charge in [0, 0.05) is 31.7 Å². The molecule has 0 N–H and O–H groups in total. The molecule has 23 heavy (non-hydrogen) atoms. The summed E-state index contributed by atoms with van der Waals surface area (Å²) in [6, 6.07) is 9.55. The van der Waals surface area contributed by atoms with Crippen molar-refractivity contribution in [2.45, 2.75) is 18.6 Å². The van der Waals surface area contributed by atoms with E-state index in [4.69, 9.17) is 0 Å². The Kier molecular flexibility index (Phi) is 3.04. The Morgan fingerprint density at radius 1 is 1.17 bits per heavy atom. The second kappa shape index (κ2) is 4.88. The van der Waals surface area contributed by atoms with Gasteiger partial charge in [-0.25, -0.2) is 4.98 Å². The van der Waals surface area contributed by atoms with Gasteiger partial charge in [-0.1, -0.05) is 12.1 Å². The van der Waals surface area contributed by atoms with Gasteiger partial charge in [0.15, 0.2) is 5.82 Å². The maximum absolute atomic E-state index is 12.9. The molecule has 0 amide bonds. The number of nitrogens with zero attached hydrogens (tertiary/aromatic N) is 3. The molecule has 120 valence electrons. The molecule has 6 heteroatoms. The zero-order chi connectivity index (χ0) is 16.2. The summed E-state index contributed by atoms with van der Waals surface area (Å²) in [4.78, 5) is 9.09. The monoisotopic (exact) mass is 319 g/mol. The lowest BCUT2D eigenvalue weighted by Gasteiger charge is -2.34. The van der Waals surface area contributed by atoms with E-state index in [0.29, 0.717) is 17.3 Å². The molecule has 1 aromatic carbocycles. The standard InChI is InChI=1S/C17H16F3N3/c1-22-13-7-8-23(10-13)15-6-5-14(21-16(15)22)11-3-2-4-12(9-11)17(18,19)20/h2-6,9,13H,7-8,10H2,1H3. The fraction of sp³-hybridized carbons (Fsp3) is 0.353. The van der Waals surface area contributed by atoms with Gasteiger partial charge in [0.25, 0.3) is 0 Å². The van der Waals surface area contributed by atoms with E-state index in [1.807, 2.05) is 13.1 Å². The first-order chi connectivity index (χ1) is 10.9. The summed E-state index contributed by atoms with van der Waals surface area (Å²) in [6.07, 6.45) is -3.25. The van der Waals surface area contributed by atoms with Crippen LogP contribution in [0.4, 0.5) is 24.7 Å². The van der Waals surface area contributed by atoms with Crippen molar-refractivity contribution < 1.29 is 13.2 Å². The molecule has 2 aliphatic heterocycles. The van der Waals surface area contributed by atoms with Crippen molar-refractivity contribution in [2.24, 2.45) is 0 Å². The van der Waals surface area contributed by atoms with E-state index >= 15 is 0 Å². The molecule has 0 radical (unpaired) electrons. The van der Waals surface area contributed by atoms with Gasteiger partial charge in [0.1, 0.15) is 0 Å². The molecule has 0 saturated carbocycles. The Labute approximate surface area is 132 Å². The number of fused-ring (bicyclic) bond motifs is 4. The van der Waals surface area contributed by atoms with Crippen molar-refractivity contribution in [3.8, 4) is 11.3 Å². The summed E-state index contributed by atoms with van der Waals surface area (Å²) < 4.78 is 38.7. The minimum atomic E-state index is -4.34. The number of anilines is 2. The van der Waals surface area contributed by atoms with Crippen molar-refractivity contribution in [3.05, 3.63) is 42.0 Å². The largest absolute Gasteiger partial charge is 0.416 e. The van der Waals surface area contributed by atoms with Crippen LogP contribution in [0, 0.1) is 0 Å². The smallest absolute Gasteiger partial charge is 0.366 e. The first-order valence-electron chi connectivity index (χ1n) is 7.60. The van der Waals surface area contributed by atoms with Crippen LogP contribution in [-0.2, 0) is 6.18 Å². The van der Waals surface area contributed by atoms with Crippen LogP contribution < -0.4 is 9.80 Å². The average molecular weight is 319 g/mol. The van der Waals surface area contributed by atoms with E-state index in [0.717, 1.165) is 43.1 Å². The molecule has 2 aromatic rings. The van der Waals surface area contributed by atoms with Crippen LogP contribution in [0.25, 0.3) is 11.3 Å². The maximum atomic E-state index is 12.9. The summed E-state index contributed by atoms with van der Waals surface area (Å²) >= 11 is 0. The van der Waals surface area contributed by atoms with Gasteiger partial charge in [-0.2, -0.15) is 13.2 Å². The number of rotatable bonds is 1. The Hall–Kier alpha value is -2.24. The highest BCUT2D eigenvalue weighted by molar-refractivity contribution is 5.75. The lowest BCUT2D eigenvalue weighted by molar-refractivity contribution is -0.137. The van der Waals surface area contributed by atoms with E-state index in [1.54, 1.807) is 12.1 Å². The van der Waals surface area contributed by atoms with Gasteiger partial charge in [-0.15, -0.1) is 0 Å². The van der Waals surface area contributed by atoms with Gasteiger partial charge in [-0.3, -0.25) is 0 Å². The van der Waals surface area contributed by atoms with Crippen molar-refractivity contribution in [3.63, 3.8) is 0 Å². The Bertz CT molecular complexity index is 757. The van der Waals surface area contributed by atoms with Gasteiger partial charge in [-0.05, 0) is 30.7 Å². The number of hydrogen-bond acceptors (Lipinski definition) is 3. The second-order valence-electron chi connectivity index (χ2n) is 6.12. The lowest BCUT2D eigenvalue weighted by Crippen LogP contribution is -2.40. The van der Waals surface area contributed by atoms with Gasteiger partial charge >= 0.3 is 6.18 Å². The summed E-state index contributed by atoms with van der Waals surface area (Å²) in [5.74, 6) is 0.855. The zero-order valence-corrected chi connectivity index (χ0v) is 12.6. The Morgan fingerprint density at radius 3 is 2.78 bits per heavy atom. The van der Waals surface area contributed by atoms with Crippen LogP contribution in [-0.4, -0.2) is 31.2 Å². The minimum Gasteiger partial charge on any atom is -0.366 e. The molecular weight excluding hydrogens is 303 g/mol. The number of halogens is 3. The molecule has 1 aromatic heterocycles. The van der Waals surface area contributed by atoms with Crippen molar-refractivity contribution in [2.75, 3.05) is 29.9 Å². The summed E-state index contributed by atoms with van der Waals surface area (Å²) in [5, 5.41) is 0. The van der Waals surface area contributed by atoms with Gasteiger partial charge in [0.2, 0.25) is 0 Å². The quantitative estimate of drug-likeness (QED) is 0.797. The summed E-state index contributed by atoms with van der Waals surface area (Å²) in [6.45, 7) is 2.00. The molecule has 3 nitrogen and oxygen atoms in total. The van der Waals surface area contributed by atoms with Crippen LogP contribution in [0.2, 0.25) is 0 Å². The highest BCUT2D eigenvalue weighted by Crippen LogP contribution is 2.39. The molecule has 4 rings (SSSR count). The Morgan fingerprint density at radius 2 is 2.00 bits per heavy atom. The van der Waals surface area contributed by atoms with Crippen LogP contribution in [0.1, 0.15) is 12.0 Å². The maximum Gasteiger partial charge on any atom is 0.416 e. The molecule has 2 aliphatic rings. The van der Waals surface area contributed by atoms with E-state index in [-0.39, 0.29) is 0 Å². The number of hydrogen-bond donors (Lipinski definition) is 0. The number of alkyl halides is 3. The number of benzene rings is 1. The Balaban J connectivity index is 1.77. The molecule has 1 atom stereocenters. The fourth-order valence-electron chi connectivity index (χ4n) is 3.41. The summed E-state index contributed by atoms with van der Waals surface area (Å²) in [5.41, 5.74) is 1.48. The van der Waals surface area contributed by atoms with E-state index in [9.17, 15) is 13.2 Å². The third-order valence-corrected chi connectivity index (χ3v) is 4.73.